The van der Waals surface area contributed by atoms with Crippen molar-refractivity contribution in [3.63, 3.8) is 0 Å². The summed E-state index contributed by atoms with van der Waals surface area (Å²) in [7, 11) is 1.62. The smallest absolute Gasteiger partial charge is 0.252 e. The van der Waals surface area contributed by atoms with Gasteiger partial charge in [0.05, 0.1) is 24.4 Å². The number of rotatable bonds is 5. The van der Waals surface area contributed by atoms with Gasteiger partial charge in [-0.05, 0) is 29.8 Å². The highest BCUT2D eigenvalue weighted by Gasteiger charge is 2.14. The Kier molecular flexibility index (Phi) is 4.58. The van der Waals surface area contributed by atoms with Gasteiger partial charge in [-0.25, -0.2) is 0 Å². The first-order valence-corrected chi connectivity index (χ1v) is 8.69. The topological polar surface area (TPSA) is 55.6 Å². The molecule has 0 aliphatic heterocycles. The van der Waals surface area contributed by atoms with Crippen LogP contribution in [0.4, 0.5) is 0 Å². The summed E-state index contributed by atoms with van der Waals surface area (Å²) in [5, 5.41) is 6.30. The van der Waals surface area contributed by atoms with E-state index in [0.717, 1.165) is 33.1 Å². The Labute approximate surface area is 156 Å². The number of ether oxygens (including phenoxy) is 1. The molecule has 1 aromatic heterocycles. The van der Waals surface area contributed by atoms with E-state index in [1.165, 1.54) is 0 Å². The first-order valence-electron chi connectivity index (χ1n) is 8.69. The van der Waals surface area contributed by atoms with Crippen LogP contribution in [-0.4, -0.2) is 30.3 Å². The number of carbonyl (C=O) groups is 1. The lowest BCUT2D eigenvalue weighted by molar-refractivity contribution is 0.0923. The number of methoxy groups -OCH3 is 1. The lowest BCUT2D eigenvalue weighted by atomic mass is 10.2. The lowest BCUT2D eigenvalue weighted by Gasteiger charge is -2.06. The maximum absolute atomic E-state index is 12.9. The molecule has 1 heterocycles. The Bertz CT molecular complexity index is 1090. The molecule has 5 nitrogen and oxygen atoms in total. The minimum Gasteiger partial charge on any atom is -0.497 e. The van der Waals surface area contributed by atoms with Crippen LogP contribution >= 0.6 is 0 Å². The van der Waals surface area contributed by atoms with E-state index in [9.17, 15) is 4.79 Å². The van der Waals surface area contributed by atoms with Gasteiger partial charge >= 0.3 is 0 Å². The largest absolute Gasteiger partial charge is 0.497 e. The maximum atomic E-state index is 12.9. The molecule has 5 heteroatoms. The van der Waals surface area contributed by atoms with Crippen LogP contribution in [0, 0.1) is 0 Å². The summed E-state index contributed by atoms with van der Waals surface area (Å²) >= 11 is 0. The third-order valence-electron chi connectivity index (χ3n) is 4.46. The molecule has 4 aromatic rings. The van der Waals surface area contributed by atoms with Gasteiger partial charge in [0.1, 0.15) is 12.3 Å². The van der Waals surface area contributed by atoms with Crippen LogP contribution in [0.1, 0.15) is 10.4 Å². The number of hydrogen-bond acceptors (Lipinski definition) is 4. The summed E-state index contributed by atoms with van der Waals surface area (Å²) in [6, 6.07) is 23.4. The first kappa shape index (κ1) is 16.8. The predicted octanol–water partition coefficient (Wildman–Crippen LogP) is 4.07. The van der Waals surface area contributed by atoms with E-state index in [4.69, 9.17) is 4.74 Å². The van der Waals surface area contributed by atoms with Crippen LogP contribution in [-0.2, 0) is 0 Å². The molecule has 134 valence electrons. The Morgan fingerprint density at radius 1 is 1.00 bits per heavy atom. The fourth-order valence-corrected chi connectivity index (χ4v) is 3.23. The maximum Gasteiger partial charge on any atom is 0.252 e. The van der Waals surface area contributed by atoms with Gasteiger partial charge in [-0.2, -0.15) is 5.10 Å². The Morgan fingerprint density at radius 2 is 1.67 bits per heavy atom. The summed E-state index contributed by atoms with van der Waals surface area (Å²) < 4.78 is 6.94. The molecule has 0 radical (unpaired) electrons. The summed E-state index contributed by atoms with van der Waals surface area (Å²) in [6.45, 7) is 0.100. The summed E-state index contributed by atoms with van der Waals surface area (Å²) in [6.07, 6.45) is 1.67. The molecule has 4 rings (SSSR count). The van der Waals surface area contributed by atoms with Crippen molar-refractivity contribution < 1.29 is 9.53 Å². The first-order chi connectivity index (χ1) is 13.3. The lowest BCUT2D eigenvalue weighted by Crippen LogP contribution is -2.23. The van der Waals surface area contributed by atoms with Crippen molar-refractivity contribution in [1.29, 1.82) is 0 Å². The second-order valence-electron chi connectivity index (χ2n) is 6.13. The molecule has 0 saturated carbocycles. The molecule has 0 atom stereocenters. The monoisotopic (exact) mass is 357 g/mol. The fourth-order valence-electron chi connectivity index (χ4n) is 3.23. The Morgan fingerprint density at radius 3 is 2.33 bits per heavy atom. The highest BCUT2D eigenvalue weighted by Crippen LogP contribution is 2.28. The van der Waals surface area contributed by atoms with E-state index in [-0.39, 0.29) is 12.5 Å². The second-order valence-corrected chi connectivity index (χ2v) is 6.13. The number of benzene rings is 3. The highest BCUT2D eigenvalue weighted by molar-refractivity contribution is 6.13. The Hall–Kier alpha value is -3.60. The molecule has 0 bridgehead atoms. The van der Waals surface area contributed by atoms with Crippen molar-refractivity contribution in [2.45, 2.75) is 0 Å². The predicted molar refractivity (Wildman–Crippen MR) is 109 cm³/mol. The van der Waals surface area contributed by atoms with Crippen LogP contribution < -0.4 is 10.2 Å². The molecule has 0 aliphatic carbocycles. The number of aromatic nitrogens is 1. The van der Waals surface area contributed by atoms with Crippen molar-refractivity contribution in [2.75, 3.05) is 13.7 Å². The third kappa shape index (κ3) is 3.27. The van der Waals surface area contributed by atoms with Crippen LogP contribution in [0.15, 0.2) is 77.9 Å². The molecular formula is C22H19N3O2. The average molecular weight is 357 g/mol. The van der Waals surface area contributed by atoms with Crippen LogP contribution in [0.2, 0.25) is 0 Å². The molecule has 0 unspecified atom stereocenters. The zero-order valence-corrected chi connectivity index (χ0v) is 14.9. The number of fused-ring (bicyclic) bond motifs is 3. The highest BCUT2D eigenvalue weighted by atomic mass is 16.5. The fraction of sp³-hybridized carbons (Fsp3) is 0.0909. The van der Waals surface area contributed by atoms with Crippen molar-refractivity contribution in [1.82, 2.24) is 9.99 Å². The SMILES string of the molecule is COc1cccc(/C=N/NCC(=O)n2c3ccccc3c3ccccc32)c1. The number of hydrazone groups is 1. The number of carbonyl (C=O) groups excluding carboxylic acids is 1. The van der Waals surface area contributed by atoms with Gasteiger partial charge in [0.15, 0.2) is 0 Å². The van der Waals surface area contributed by atoms with Gasteiger partial charge in [-0.3, -0.25) is 9.36 Å². The molecule has 1 N–H and O–H groups in total. The van der Waals surface area contributed by atoms with Gasteiger partial charge in [0, 0.05) is 10.8 Å². The summed E-state index contributed by atoms with van der Waals surface area (Å²) in [5.41, 5.74) is 5.55. The van der Waals surface area contributed by atoms with E-state index in [2.05, 4.69) is 10.5 Å². The normalized spacial score (nSPS) is 11.3. The van der Waals surface area contributed by atoms with E-state index in [1.54, 1.807) is 17.9 Å². The van der Waals surface area contributed by atoms with E-state index in [1.807, 2.05) is 72.8 Å². The van der Waals surface area contributed by atoms with Gasteiger partial charge in [-0.1, -0.05) is 48.5 Å². The van der Waals surface area contributed by atoms with Gasteiger partial charge in [0.2, 0.25) is 0 Å². The number of hydrogen-bond donors (Lipinski definition) is 1. The zero-order valence-electron chi connectivity index (χ0n) is 14.9. The van der Waals surface area contributed by atoms with Crippen LogP contribution in [0.3, 0.4) is 0 Å². The van der Waals surface area contributed by atoms with Crippen LogP contribution in [0.5, 0.6) is 5.75 Å². The standard InChI is InChI=1S/C22H19N3O2/c1-27-17-8-6-7-16(13-17)14-23-24-15-22(26)25-20-11-4-2-9-18(20)19-10-3-5-12-21(19)25/h2-14,24H,15H2,1H3/b23-14+. The summed E-state index contributed by atoms with van der Waals surface area (Å²) in [4.78, 5) is 12.9. The number of nitrogens with one attached hydrogen (secondary N) is 1. The quantitative estimate of drug-likeness (QED) is 0.433. The second kappa shape index (κ2) is 7.33. The molecule has 3 aromatic carbocycles. The van der Waals surface area contributed by atoms with Crippen molar-refractivity contribution >= 4 is 33.9 Å². The number of para-hydroxylation sites is 2. The summed E-state index contributed by atoms with van der Waals surface area (Å²) in [5.74, 6) is 0.704. The molecular weight excluding hydrogens is 338 g/mol. The Balaban J connectivity index is 1.55. The minimum absolute atomic E-state index is 0.0600. The zero-order chi connectivity index (χ0) is 18.6. The van der Waals surface area contributed by atoms with Crippen molar-refractivity contribution in [2.24, 2.45) is 5.10 Å². The molecule has 0 amide bonds. The van der Waals surface area contributed by atoms with Gasteiger partial charge < -0.3 is 10.2 Å². The van der Waals surface area contributed by atoms with Crippen molar-refractivity contribution in [3.05, 3.63) is 78.4 Å². The molecule has 0 spiro atoms. The minimum atomic E-state index is -0.0600. The molecule has 27 heavy (non-hydrogen) atoms. The molecule has 0 fully saturated rings. The molecule has 0 saturated heterocycles. The van der Waals surface area contributed by atoms with Gasteiger partial charge in [-0.15, -0.1) is 0 Å². The third-order valence-corrected chi connectivity index (χ3v) is 4.46. The van der Waals surface area contributed by atoms with Crippen LogP contribution in [0.25, 0.3) is 21.8 Å². The van der Waals surface area contributed by atoms with Crippen molar-refractivity contribution in [3.8, 4) is 5.75 Å². The van der Waals surface area contributed by atoms with E-state index < -0.39 is 0 Å². The number of nitrogens with zero attached hydrogens (tertiary/aromatic N) is 2. The van der Waals surface area contributed by atoms with Gasteiger partial charge in [0.25, 0.3) is 5.91 Å². The average Bonchev–Trinajstić information content (AvgIpc) is 3.06. The molecule has 0 aliphatic rings. The van der Waals surface area contributed by atoms with E-state index in [0.29, 0.717) is 0 Å². The van der Waals surface area contributed by atoms with E-state index >= 15 is 0 Å².